The molecule has 1 saturated carbocycles. The van der Waals surface area contributed by atoms with E-state index in [-0.39, 0.29) is 10.7 Å². The van der Waals surface area contributed by atoms with Crippen LogP contribution >= 0.6 is 0 Å². The van der Waals surface area contributed by atoms with Gasteiger partial charge in [-0.25, -0.2) is 17.5 Å². The number of pyridine rings is 1. The van der Waals surface area contributed by atoms with Crippen LogP contribution in [0.2, 0.25) is 0 Å². The molecule has 1 aliphatic carbocycles. The number of hydrogen-bond acceptors (Lipinski definition) is 3. The van der Waals surface area contributed by atoms with Crippen LogP contribution in [0.25, 0.3) is 22.3 Å². The lowest BCUT2D eigenvalue weighted by Gasteiger charge is -2.26. The molecule has 1 aliphatic rings. The van der Waals surface area contributed by atoms with Crippen molar-refractivity contribution in [2.24, 2.45) is 0 Å². The first-order chi connectivity index (χ1) is 14.5. The van der Waals surface area contributed by atoms with Gasteiger partial charge in [-0.05, 0) is 76.4 Å². The molecule has 0 radical (unpaired) electrons. The van der Waals surface area contributed by atoms with Crippen LogP contribution in [0, 0.1) is 12.7 Å². The third-order valence-corrected chi connectivity index (χ3v) is 7.55. The Morgan fingerprint density at radius 2 is 1.81 bits per heavy atom. The van der Waals surface area contributed by atoms with Crippen LogP contribution in [-0.2, 0) is 10.0 Å². The molecular weight excluding hydrogens is 413 g/mol. The number of hydrogen-bond donors (Lipinski definition) is 1. The van der Waals surface area contributed by atoms with Crippen molar-refractivity contribution < 1.29 is 12.8 Å². The van der Waals surface area contributed by atoms with E-state index in [1.165, 1.54) is 25.5 Å². The first-order valence-corrected chi connectivity index (χ1v) is 12.3. The molecule has 5 nitrogen and oxygen atoms in total. The Morgan fingerprint density at radius 3 is 2.42 bits per heavy atom. The fraction of sp³-hybridized carbons (Fsp3) is 0.458. The number of nitrogens with zero attached hydrogens (tertiary/aromatic N) is 2. The number of aryl methyl sites for hydroxylation is 1. The van der Waals surface area contributed by atoms with E-state index in [0.717, 1.165) is 29.4 Å². The van der Waals surface area contributed by atoms with Gasteiger partial charge < -0.3 is 4.57 Å². The van der Waals surface area contributed by atoms with E-state index < -0.39 is 15.6 Å². The molecule has 0 unspecified atom stereocenters. The first-order valence-electron chi connectivity index (χ1n) is 10.9. The largest absolute Gasteiger partial charge is 0.336 e. The van der Waals surface area contributed by atoms with Gasteiger partial charge >= 0.3 is 0 Å². The Labute approximate surface area is 183 Å². The Morgan fingerprint density at radius 1 is 1.10 bits per heavy atom. The van der Waals surface area contributed by atoms with E-state index in [2.05, 4.69) is 14.3 Å². The van der Waals surface area contributed by atoms with Crippen molar-refractivity contribution in [2.45, 2.75) is 76.3 Å². The highest BCUT2D eigenvalue weighted by atomic mass is 32.2. The van der Waals surface area contributed by atoms with E-state index >= 15 is 0 Å². The van der Waals surface area contributed by atoms with Crippen LogP contribution in [0.15, 0.2) is 41.4 Å². The van der Waals surface area contributed by atoms with Gasteiger partial charge in [0.1, 0.15) is 10.7 Å². The number of nitrogens with one attached hydrogen (secondary N) is 1. The van der Waals surface area contributed by atoms with Crippen molar-refractivity contribution in [3.63, 3.8) is 0 Å². The third-order valence-electron chi connectivity index (χ3n) is 5.81. The van der Waals surface area contributed by atoms with Gasteiger partial charge in [-0.1, -0.05) is 19.3 Å². The normalized spacial score (nSPS) is 16.2. The SMILES string of the molecule is Cc1cc2c(cc1F)cc(-c1ccc(S(=O)(=O)NC(C)(C)C)cn1)n2C1CCCCC1. The van der Waals surface area contributed by atoms with Crippen LogP contribution in [0.5, 0.6) is 0 Å². The van der Waals surface area contributed by atoms with E-state index in [0.29, 0.717) is 17.3 Å². The zero-order valence-corrected chi connectivity index (χ0v) is 19.4. The second-order valence-electron chi connectivity index (χ2n) is 9.59. The summed E-state index contributed by atoms with van der Waals surface area (Å²) < 4.78 is 44.4. The summed E-state index contributed by atoms with van der Waals surface area (Å²) in [6, 6.07) is 9.13. The summed E-state index contributed by atoms with van der Waals surface area (Å²) in [4.78, 5) is 4.64. The predicted molar refractivity (Wildman–Crippen MR) is 122 cm³/mol. The average Bonchev–Trinajstić information content (AvgIpc) is 3.05. The highest BCUT2D eigenvalue weighted by molar-refractivity contribution is 7.89. The van der Waals surface area contributed by atoms with E-state index in [1.54, 1.807) is 45.9 Å². The standard InChI is InChI=1S/C24H30FN3O2S/c1-16-12-22-17(13-20(16)25)14-23(28(22)18-8-6-5-7-9-18)21-11-10-19(15-26-21)31(29,30)27-24(2,3)4/h10-15,18,27H,5-9H2,1-4H3. The van der Waals surface area contributed by atoms with Crippen molar-refractivity contribution in [2.75, 3.05) is 0 Å². The van der Waals surface area contributed by atoms with Crippen molar-refractivity contribution in [3.05, 3.63) is 47.9 Å². The predicted octanol–water partition coefficient (Wildman–Crippen LogP) is 5.73. The lowest BCUT2D eigenvalue weighted by atomic mass is 9.95. The summed E-state index contributed by atoms with van der Waals surface area (Å²) in [7, 11) is -3.65. The van der Waals surface area contributed by atoms with Crippen molar-refractivity contribution in [1.82, 2.24) is 14.3 Å². The van der Waals surface area contributed by atoms with Gasteiger partial charge in [0.15, 0.2) is 0 Å². The molecule has 31 heavy (non-hydrogen) atoms. The number of benzene rings is 1. The van der Waals surface area contributed by atoms with Gasteiger partial charge in [-0.2, -0.15) is 0 Å². The molecule has 2 aromatic heterocycles. The molecule has 1 fully saturated rings. The molecule has 0 amide bonds. The summed E-state index contributed by atoms with van der Waals surface area (Å²) in [5, 5.41) is 0.844. The maximum absolute atomic E-state index is 14.3. The monoisotopic (exact) mass is 443 g/mol. The average molecular weight is 444 g/mol. The number of rotatable bonds is 4. The summed E-state index contributed by atoms with van der Waals surface area (Å²) in [6.07, 6.45) is 7.15. The van der Waals surface area contributed by atoms with Gasteiger partial charge in [-0.3, -0.25) is 4.98 Å². The molecule has 0 bridgehead atoms. The molecule has 0 saturated heterocycles. The van der Waals surface area contributed by atoms with Gasteiger partial charge in [0.25, 0.3) is 0 Å². The van der Waals surface area contributed by atoms with Crippen molar-refractivity contribution in [1.29, 1.82) is 0 Å². The maximum Gasteiger partial charge on any atom is 0.242 e. The second kappa shape index (κ2) is 8.02. The quantitative estimate of drug-likeness (QED) is 0.560. The van der Waals surface area contributed by atoms with Crippen LogP contribution in [0.3, 0.4) is 0 Å². The molecule has 1 aromatic carbocycles. The lowest BCUT2D eigenvalue weighted by molar-refractivity contribution is 0.363. The van der Waals surface area contributed by atoms with Gasteiger partial charge in [0, 0.05) is 28.7 Å². The van der Waals surface area contributed by atoms with Crippen molar-refractivity contribution >= 4 is 20.9 Å². The van der Waals surface area contributed by atoms with Gasteiger partial charge in [-0.15, -0.1) is 0 Å². The fourth-order valence-corrected chi connectivity index (χ4v) is 5.80. The Hall–Kier alpha value is -2.25. The highest BCUT2D eigenvalue weighted by Gasteiger charge is 2.25. The minimum atomic E-state index is -3.65. The Balaban J connectivity index is 1.80. The number of halogens is 1. The summed E-state index contributed by atoms with van der Waals surface area (Å²) in [5.74, 6) is -0.220. The summed E-state index contributed by atoms with van der Waals surface area (Å²) in [5.41, 5.74) is 2.65. The van der Waals surface area contributed by atoms with E-state index in [4.69, 9.17) is 0 Å². The molecule has 2 heterocycles. The molecule has 0 atom stereocenters. The van der Waals surface area contributed by atoms with E-state index in [9.17, 15) is 12.8 Å². The molecule has 166 valence electrons. The molecule has 0 spiro atoms. The highest BCUT2D eigenvalue weighted by Crippen LogP contribution is 2.38. The second-order valence-corrected chi connectivity index (χ2v) is 11.3. The molecule has 3 aromatic rings. The number of aromatic nitrogens is 2. The fourth-order valence-electron chi connectivity index (χ4n) is 4.44. The number of sulfonamides is 1. The Kier molecular flexibility index (Phi) is 5.68. The van der Waals surface area contributed by atoms with Gasteiger partial charge in [0.2, 0.25) is 10.0 Å². The first kappa shape index (κ1) is 22.0. The van der Waals surface area contributed by atoms with Crippen LogP contribution in [0.1, 0.15) is 64.5 Å². The molecular formula is C24H30FN3O2S. The van der Waals surface area contributed by atoms with E-state index in [1.807, 2.05) is 12.1 Å². The summed E-state index contributed by atoms with van der Waals surface area (Å²) in [6.45, 7) is 7.19. The Bertz CT molecular complexity index is 1200. The third kappa shape index (κ3) is 4.53. The minimum absolute atomic E-state index is 0.133. The smallest absolute Gasteiger partial charge is 0.242 e. The zero-order chi connectivity index (χ0) is 22.4. The molecule has 1 N–H and O–H groups in total. The van der Waals surface area contributed by atoms with Crippen LogP contribution < -0.4 is 4.72 Å². The minimum Gasteiger partial charge on any atom is -0.336 e. The van der Waals surface area contributed by atoms with Gasteiger partial charge in [0.05, 0.1) is 11.4 Å². The van der Waals surface area contributed by atoms with Crippen LogP contribution in [-0.4, -0.2) is 23.5 Å². The lowest BCUT2D eigenvalue weighted by Crippen LogP contribution is -2.40. The molecule has 0 aliphatic heterocycles. The topological polar surface area (TPSA) is 64.0 Å². The number of fused-ring (bicyclic) bond motifs is 1. The summed E-state index contributed by atoms with van der Waals surface area (Å²) >= 11 is 0. The van der Waals surface area contributed by atoms with Crippen molar-refractivity contribution in [3.8, 4) is 11.4 Å². The maximum atomic E-state index is 14.3. The van der Waals surface area contributed by atoms with Crippen LogP contribution in [0.4, 0.5) is 4.39 Å². The molecule has 4 rings (SSSR count). The molecule has 7 heteroatoms. The zero-order valence-electron chi connectivity index (χ0n) is 18.6.